The third-order valence-electron chi connectivity index (χ3n) is 7.67. The molecule has 190 valence electrons. The first-order chi connectivity index (χ1) is 17.1. The van der Waals surface area contributed by atoms with Gasteiger partial charge in [0, 0.05) is 6.54 Å². The third-order valence-corrected chi connectivity index (χ3v) is 7.67. The van der Waals surface area contributed by atoms with Crippen molar-refractivity contribution in [2.24, 2.45) is 5.92 Å². The highest BCUT2D eigenvalue weighted by Crippen LogP contribution is 2.43. The second-order valence-electron chi connectivity index (χ2n) is 10.7. The zero-order valence-electron chi connectivity index (χ0n) is 21.5. The lowest BCUT2D eigenvalue weighted by Crippen LogP contribution is -2.41. The Labute approximate surface area is 211 Å². The number of carbonyl (C=O) groups excluding carboxylic acids is 2. The minimum Gasteiger partial charge on any atom is -0.453 e. The van der Waals surface area contributed by atoms with E-state index in [1.54, 1.807) is 11.1 Å². The molecule has 0 radical (unpaired) electrons. The standard InChI is InChI=1S/C26H33BN4O5/c1-25(2)26(3,4)36-27(35-25)19-10-8-17(9-11-19)20-13-28-23(30-20)21-12-18(16-6-7-16)15-31(21)22(32)14-29-24(33)34-5/h8-13,16,21H,6-7,14-15H2,1-5H3,(H,28,30)(H,29,33). The molecule has 2 aliphatic heterocycles. The van der Waals surface area contributed by atoms with Gasteiger partial charge in [-0.2, -0.15) is 0 Å². The molecule has 0 bridgehead atoms. The minimum absolute atomic E-state index is 0.122. The highest BCUT2D eigenvalue weighted by molar-refractivity contribution is 6.62. The highest BCUT2D eigenvalue weighted by atomic mass is 16.7. The van der Waals surface area contributed by atoms with Crippen LogP contribution >= 0.6 is 0 Å². The first-order valence-corrected chi connectivity index (χ1v) is 12.4. The number of benzene rings is 1. The summed E-state index contributed by atoms with van der Waals surface area (Å²) in [6, 6.07) is 7.74. The minimum atomic E-state index is -0.626. The molecule has 9 nitrogen and oxygen atoms in total. The number of ether oxygens (including phenoxy) is 1. The average molecular weight is 492 g/mol. The van der Waals surface area contributed by atoms with Crippen molar-refractivity contribution in [1.29, 1.82) is 0 Å². The summed E-state index contributed by atoms with van der Waals surface area (Å²) in [5.74, 6) is 1.06. The van der Waals surface area contributed by atoms with Crippen molar-refractivity contribution >= 4 is 24.6 Å². The van der Waals surface area contributed by atoms with Crippen molar-refractivity contribution in [1.82, 2.24) is 20.2 Å². The number of amides is 2. The molecular formula is C26H33BN4O5. The van der Waals surface area contributed by atoms with Crippen molar-refractivity contribution in [2.75, 3.05) is 20.2 Å². The van der Waals surface area contributed by atoms with E-state index in [-0.39, 0.29) is 18.5 Å². The smallest absolute Gasteiger partial charge is 0.453 e. The molecule has 3 aliphatic rings. The number of imidazole rings is 1. The van der Waals surface area contributed by atoms with Crippen LogP contribution in [-0.2, 0) is 18.8 Å². The third kappa shape index (κ3) is 4.67. The summed E-state index contributed by atoms with van der Waals surface area (Å²) in [5.41, 5.74) is 3.27. The van der Waals surface area contributed by atoms with Gasteiger partial charge in [0.15, 0.2) is 0 Å². The lowest BCUT2D eigenvalue weighted by molar-refractivity contribution is -0.130. The van der Waals surface area contributed by atoms with Crippen molar-refractivity contribution in [3.05, 3.63) is 47.9 Å². The van der Waals surface area contributed by atoms with Crippen molar-refractivity contribution in [2.45, 2.75) is 57.8 Å². The van der Waals surface area contributed by atoms with Crippen molar-refractivity contribution < 1.29 is 23.6 Å². The van der Waals surface area contributed by atoms with Crippen molar-refractivity contribution in [3.63, 3.8) is 0 Å². The van der Waals surface area contributed by atoms with Crippen LogP contribution in [0, 0.1) is 5.92 Å². The van der Waals surface area contributed by atoms with Crippen LogP contribution in [0.5, 0.6) is 0 Å². The van der Waals surface area contributed by atoms with Crippen molar-refractivity contribution in [3.8, 4) is 11.3 Å². The van der Waals surface area contributed by atoms with E-state index in [0.717, 1.165) is 29.6 Å². The molecule has 1 aromatic heterocycles. The fraction of sp³-hybridized carbons (Fsp3) is 0.500. The second-order valence-corrected chi connectivity index (χ2v) is 10.7. The van der Waals surface area contributed by atoms with Crippen LogP contribution in [0.2, 0.25) is 0 Å². The van der Waals surface area contributed by atoms with Gasteiger partial charge in [-0.05, 0) is 63.1 Å². The van der Waals surface area contributed by atoms with E-state index in [9.17, 15) is 9.59 Å². The molecule has 1 unspecified atom stereocenters. The van der Waals surface area contributed by atoms with E-state index < -0.39 is 24.4 Å². The Morgan fingerprint density at radius 3 is 2.44 bits per heavy atom. The molecule has 3 heterocycles. The van der Waals surface area contributed by atoms with Crippen LogP contribution in [-0.4, -0.2) is 65.4 Å². The number of aromatic nitrogens is 2. The van der Waals surface area contributed by atoms with Gasteiger partial charge in [-0.3, -0.25) is 4.79 Å². The predicted molar refractivity (Wildman–Crippen MR) is 135 cm³/mol. The lowest BCUT2D eigenvalue weighted by Gasteiger charge is -2.32. The monoisotopic (exact) mass is 492 g/mol. The van der Waals surface area contributed by atoms with Crippen LogP contribution < -0.4 is 10.8 Å². The normalized spacial score (nSPS) is 22.5. The SMILES string of the molecule is COC(=O)NCC(=O)N1CC(C2CC2)=CC1c1ncc(-c2ccc(B3OC(C)(C)C(C)(C)O3)cc2)[nH]1. The largest absolute Gasteiger partial charge is 0.494 e. The van der Waals surface area contributed by atoms with Gasteiger partial charge < -0.3 is 29.2 Å². The Morgan fingerprint density at radius 1 is 1.17 bits per heavy atom. The Hall–Kier alpha value is -3.11. The molecular weight excluding hydrogens is 459 g/mol. The number of aromatic amines is 1. The molecule has 1 aromatic carbocycles. The molecule has 1 saturated carbocycles. The number of carbonyl (C=O) groups is 2. The number of hydrogen-bond acceptors (Lipinski definition) is 6. The molecule has 1 atom stereocenters. The lowest BCUT2D eigenvalue weighted by atomic mass is 9.79. The summed E-state index contributed by atoms with van der Waals surface area (Å²) >= 11 is 0. The highest BCUT2D eigenvalue weighted by Gasteiger charge is 2.51. The maximum atomic E-state index is 12.9. The van der Waals surface area contributed by atoms with E-state index in [1.807, 2.05) is 52.0 Å². The maximum Gasteiger partial charge on any atom is 0.494 e. The van der Waals surface area contributed by atoms with E-state index in [4.69, 9.17) is 9.31 Å². The number of nitrogens with zero attached hydrogens (tertiary/aromatic N) is 2. The molecule has 1 aliphatic carbocycles. The first-order valence-electron chi connectivity index (χ1n) is 12.4. The van der Waals surface area contributed by atoms with Gasteiger partial charge in [-0.25, -0.2) is 9.78 Å². The summed E-state index contributed by atoms with van der Waals surface area (Å²) in [4.78, 5) is 34.1. The van der Waals surface area contributed by atoms with Gasteiger partial charge in [-0.1, -0.05) is 30.3 Å². The molecule has 2 N–H and O–H groups in total. The summed E-state index contributed by atoms with van der Waals surface area (Å²) in [7, 11) is 0.862. The van der Waals surface area contributed by atoms with E-state index in [0.29, 0.717) is 18.3 Å². The van der Waals surface area contributed by atoms with Gasteiger partial charge in [-0.15, -0.1) is 0 Å². The Bertz CT molecular complexity index is 1170. The van der Waals surface area contributed by atoms with Crippen LogP contribution in [0.4, 0.5) is 4.79 Å². The fourth-order valence-electron chi connectivity index (χ4n) is 4.58. The van der Waals surface area contributed by atoms with Crippen LogP contribution in [0.1, 0.15) is 52.4 Å². The number of hydrogen-bond donors (Lipinski definition) is 2. The zero-order chi connectivity index (χ0) is 25.7. The number of methoxy groups -OCH3 is 1. The predicted octanol–water partition coefficient (Wildman–Crippen LogP) is 2.95. The Balaban J connectivity index is 1.32. The van der Waals surface area contributed by atoms with E-state index in [1.165, 1.54) is 12.7 Å². The number of alkyl carbamates (subject to hydrolysis) is 1. The molecule has 0 spiro atoms. The van der Waals surface area contributed by atoms with Crippen LogP contribution in [0.25, 0.3) is 11.3 Å². The average Bonchev–Trinajstić information content (AvgIpc) is 3.32. The molecule has 1 saturated heterocycles. The second kappa shape index (κ2) is 9.08. The number of nitrogens with one attached hydrogen (secondary N) is 2. The molecule has 2 fully saturated rings. The molecule has 10 heteroatoms. The molecule has 5 rings (SSSR count). The Morgan fingerprint density at radius 2 is 1.83 bits per heavy atom. The number of rotatable bonds is 6. The van der Waals surface area contributed by atoms with E-state index >= 15 is 0 Å². The fourth-order valence-corrected chi connectivity index (χ4v) is 4.58. The molecule has 2 amide bonds. The van der Waals surface area contributed by atoms with Crippen LogP contribution in [0.3, 0.4) is 0 Å². The van der Waals surface area contributed by atoms with E-state index in [2.05, 4.69) is 26.1 Å². The summed E-state index contributed by atoms with van der Waals surface area (Å²) in [5, 5.41) is 2.48. The quantitative estimate of drug-likeness (QED) is 0.475. The summed E-state index contributed by atoms with van der Waals surface area (Å²) in [6.07, 6.45) is 5.60. The summed E-state index contributed by atoms with van der Waals surface area (Å²) < 4.78 is 16.9. The van der Waals surface area contributed by atoms with Gasteiger partial charge >= 0.3 is 13.2 Å². The first kappa shape index (κ1) is 24.6. The van der Waals surface area contributed by atoms with Gasteiger partial charge in [0.2, 0.25) is 5.91 Å². The van der Waals surface area contributed by atoms with Gasteiger partial charge in [0.25, 0.3) is 0 Å². The topological polar surface area (TPSA) is 106 Å². The maximum absolute atomic E-state index is 12.9. The molecule has 2 aromatic rings. The summed E-state index contributed by atoms with van der Waals surface area (Å²) in [6.45, 7) is 8.59. The zero-order valence-corrected chi connectivity index (χ0v) is 21.5. The number of H-pyrrole nitrogens is 1. The van der Waals surface area contributed by atoms with Gasteiger partial charge in [0.05, 0.1) is 30.2 Å². The molecule has 36 heavy (non-hydrogen) atoms. The van der Waals surface area contributed by atoms with Crippen LogP contribution in [0.15, 0.2) is 42.1 Å². The Kier molecular flexibility index (Phi) is 6.20. The van der Waals surface area contributed by atoms with Gasteiger partial charge in [0.1, 0.15) is 18.4 Å².